The minimum Gasteiger partial charge on any atom is -0.370 e. The predicted octanol–water partition coefficient (Wildman–Crippen LogP) is -1.90. The summed E-state index contributed by atoms with van der Waals surface area (Å²) in [4.78, 5) is 18.2. The molecule has 14 heavy (non-hydrogen) atoms. The fraction of sp³-hybridized carbons (Fsp3) is 0.571. The first-order valence-corrected chi connectivity index (χ1v) is 4.10. The quantitative estimate of drug-likeness (QED) is 0.313. The fourth-order valence-corrected chi connectivity index (χ4v) is 0.688. The lowest BCUT2D eigenvalue weighted by Gasteiger charge is -2.05. The summed E-state index contributed by atoms with van der Waals surface area (Å²) >= 11 is 0. The Labute approximate surface area is 82.5 Å². The van der Waals surface area contributed by atoms with Crippen molar-refractivity contribution >= 4 is 17.8 Å². The van der Waals surface area contributed by atoms with Crippen LogP contribution in [0.1, 0.15) is 13.8 Å². The molecule has 7 N–H and O–H groups in total. The van der Waals surface area contributed by atoms with Crippen molar-refractivity contribution < 1.29 is 4.79 Å². The van der Waals surface area contributed by atoms with Crippen molar-refractivity contribution in [2.45, 2.75) is 19.9 Å². The molecule has 0 aromatic rings. The maximum atomic E-state index is 11.1. The zero-order valence-electron chi connectivity index (χ0n) is 8.32. The standard InChI is InChI=1S/C7H16N6O/c1-4(2)12-5(14)3-11-7(10)13-6(8)9/h4H,3H2,1-2H3,(H,12,14)(H6,8,9,10,11,13). The first-order chi connectivity index (χ1) is 6.41. The lowest BCUT2D eigenvalue weighted by atomic mass is 10.4. The van der Waals surface area contributed by atoms with E-state index in [0.29, 0.717) is 0 Å². The number of nitrogens with one attached hydrogen (secondary N) is 1. The van der Waals surface area contributed by atoms with Gasteiger partial charge in [0.25, 0.3) is 0 Å². The normalized spacial score (nSPS) is 11.2. The van der Waals surface area contributed by atoms with Crippen LogP contribution in [0.25, 0.3) is 0 Å². The Bertz CT molecular complexity index is 253. The first kappa shape index (κ1) is 12.2. The zero-order valence-corrected chi connectivity index (χ0v) is 8.32. The minimum absolute atomic E-state index is 0.0713. The zero-order chi connectivity index (χ0) is 11.1. The number of amides is 1. The van der Waals surface area contributed by atoms with Crippen LogP contribution in [0, 0.1) is 0 Å². The molecule has 7 heteroatoms. The van der Waals surface area contributed by atoms with Crippen molar-refractivity contribution in [1.82, 2.24) is 5.32 Å². The molecular formula is C7H16N6O. The van der Waals surface area contributed by atoms with Crippen LogP contribution in [0.4, 0.5) is 0 Å². The van der Waals surface area contributed by atoms with Crippen LogP contribution in [-0.2, 0) is 4.79 Å². The predicted molar refractivity (Wildman–Crippen MR) is 55.6 cm³/mol. The van der Waals surface area contributed by atoms with E-state index in [1.54, 1.807) is 0 Å². The summed E-state index contributed by atoms with van der Waals surface area (Å²) in [6.45, 7) is 3.61. The second-order valence-electron chi connectivity index (χ2n) is 2.93. The highest BCUT2D eigenvalue weighted by molar-refractivity contribution is 5.93. The second-order valence-corrected chi connectivity index (χ2v) is 2.93. The third-order valence-electron chi connectivity index (χ3n) is 1.08. The number of carbonyl (C=O) groups is 1. The molecule has 0 saturated heterocycles. The smallest absolute Gasteiger partial charge is 0.242 e. The van der Waals surface area contributed by atoms with E-state index < -0.39 is 0 Å². The van der Waals surface area contributed by atoms with E-state index in [1.807, 2.05) is 13.8 Å². The van der Waals surface area contributed by atoms with Crippen LogP contribution < -0.4 is 22.5 Å². The highest BCUT2D eigenvalue weighted by Crippen LogP contribution is 1.79. The molecule has 0 aliphatic heterocycles. The summed E-state index contributed by atoms with van der Waals surface area (Å²) in [6, 6.07) is 0.0713. The van der Waals surface area contributed by atoms with E-state index in [2.05, 4.69) is 15.3 Å². The van der Waals surface area contributed by atoms with Crippen LogP contribution >= 0.6 is 0 Å². The van der Waals surface area contributed by atoms with Gasteiger partial charge in [0.1, 0.15) is 6.54 Å². The Balaban J connectivity index is 4.03. The van der Waals surface area contributed by atoms with Gasteiger partial charge < -0.3 is 22.5 Å². The van der Waals surface area contributed by atoms with Gasteiger partial charge in [0.05, 0.1) is 0 Å². The van der Waals surface area contributed by atoms with E-state index in [1.165, 1.54) is 0 Å². The fourth-order valence-electron chi connectivity index (χ4n) is 0.688. The highest BCUT2D eigenvalue weighted by Gasteiger charge is 2.01. The molecule has 0 heterocycles. The molecule has 0 bridgehead atoms. The number of carbonyl (C=O) groups excluding carboxylic acids is 1. The van der Waals surface area contributed by atoms with Gasteiger partial charge in [-0.25, -0.2) is 4.99 Å². The molecule has 80 valence electrons. The van der Waals surface area contributed by atoms with Crippen molar-refractivity contribution in [3.63, 3.8) is 0 Å². The van der Waals surface area contributed by atoms with Crippen molar-refractivity contribution in [2.75, 3.05) is 6.54 Å². The first-order valence-electron chi connectivity index (χ1n) is 4.10. The Kier molecular flexibility index (Phi) is 5.05. The molecule has 0 aromatic heterocycles. The molecule has 0 aromatic carbocycles. The lowest BCUT2D eigenvalue weighted by Crippen LogP contribution is -2.33. The maximum Gasteiger partial charge on any atom is 0.242 e. The topological polar surface area (TPSA) is 132 Å². The molecular weight excluding hydrogens is 184 g/mol. The van der Waals surface area contributed by atoms with Crippen LogP contribution in [-0.4, -0.2) is 30.4 Å². The average Bonchev–Trinajstić information content (AvgIpc) is 1.98. The van der Waals surface area contributed by atoms with Crippen LogP contribution in [0.5, 0.6) is 0 Å². The van der Waals surface area contributed by atoms with Gasteiger partial charge in [-0.3, -0.25) is 4.79 Å². The molecule has 7 nitrogen and oxygen atoms in total. The van der Waals surface area contributed by atoms with Crippen molar-refractivity contribution in [2.24, 2.45) is 27.2 Å². The molecule has 0 unspecified atom stereocenters. The van der Waals surface area contributed by atoms with Gasteiger partial charge in [0, 0.05) is 6.04 Å². The number of aliphatic imine (C=N–C) groups is 2. The minimum atomic E-state index is -0.228. The summed E-state index contributed by atoms with van der Waals surface area (Å²) in [6.07, 6.45) is 0. The Morgan fingerprint density at radius 1 is 1.36 bits per heavy atom. The monoisotopic (exact) mass is 200 g/mol. The Hall–Kier alpha value is -1.79. The molecule has 0 spiro atoms. The molecule has 0 fully saturated rings. The van der Waals surface area contributed by atoms with Gasteiger partial charge in [0.2, 0.25) is 11.9 Å². The van der Waals surface area contributed by atoms with Crippen molar-refractivity contribution in [3.05, 3.63) is 0 Å². The maximum absolute atomic E-state index is 11.1. The molecule has 1 amide bonds. The molecule has 0 radical (unpaired) electrons. The summed E-state index contributed by atoms with van der Waals surface area (Å²) in [5, 5.41) is 2.64. The Morgan fingerprint density at radius 3 is 2.36 bits per heavy atom. The largest absolute Gasteiger partial charge is 0.370 e. The van der Waals surface area contributed by atoms with E-state index >= 15 is 0 Å². The number of nitrogens with zero attached hydrogens (tertiary/aromatic N) is 2. The van der Waals surface area contributed by atoms with Gasteiger partial charge >= 0.3 is 0 Å². The summed E-state index contributed by atoms with van der Waals surface area (Å²) in [7, 11) is 0. The lowest BCUT2D eigenvalue weighted by molar-refractivity contribution is -0.120. The van der Waals surface area contributed by atoms with E-state index in [-0.39, 0.29) is 30.4 Å². The molecule has 0 aliphatic rings. The third kappa shape index (κ3) is 6.89. The summed E-state index contributed by atoms with van der Waals surface area (Å²) in [5.41, 5.74) is 15.4. The van der Waals surface area contributed by atoms with Crippen molar-refractivity contribution in [1.29, 1.82) is 0 Å². The van der Waals surface area contributed by atoms with E-state index in [9.17, 15) is 4.79 Å². The van der Waals surface area contributed by atoms with Gasteiger partial charge in [0.15, 0.2) is 5.96 Å². The summed E-state index contributed by atoms with van der Waals surface area (Å²) in [5.74, 6) is -0.520. The third-order valence-corrected chi connectivity index (χ3v) is 1.08. The highest BCUT2D eigenvalue weighted by atomic mass is 16.1. The number of nitrogens with two attached hydrogens (primary N) is 3. The van der Waals surface area contributed by atoms with Crippen LogP contribution in [0.3, 0.4) is 0 Å². The molecule has 0 atom stereocenters. The number of guanidine groups is 2. The van der Waals surface area contributed by atoms with E-state index in [4.69, 9.17) is 17.2 Å². The molecule has 0 saturated carbocycles. The second kappa shape index (κ2) is 5.79. The SMILES string of the molecule is CC(C)NC(=O)CN=C(N)N=C(N)N. The average molecular weight is 200 g/mol. The van der Waals surface area contributed by atoms with Crippen LogP contribution in [0.2, 0.25) is 0 Å². The van der Waals surface area contributed by atoms with Gasteiger partial charge in [-0.2, -0.15) is 4.99 Å². The molecule has 0 rings (SSSR count). The van der Waals surface area contributed by atoms with Gasteiger partial charge in [-0.15, -0.1) is 0 Å². The number of hydrogen-bond donors (Lipinski definition) is 4. The molecule has 0 aliphatic carbocycles. The van der Waals surface area contributed by atoms with Gasteiger partial charge in [-0.05, 0) is 13.8 Å². The number of hydrogen-bond acceptors (Lipinski definition) is 2. The van der Waals surface area contributed by atoms with Crippen LogP contribution in [0.15, 0.2) is 9.98 Å². The number of rotatable bonds is 3. The van der Waals surface area contributed by atoms with Crippen molar-refractivity contribution in [3.8, 4) is 0 Å². The van der Waals surface area contributed by atoms with Gasteiger partial charge in [-0.1, -0.05) is 0 Å². The summed E-state index contributed by atoms with van der Waals surface area (Å²) < 4.78 is 0. The van der Waals surface area contributed by atoms with E-state index in [0.717, 1.165) is 0 Å². The Morgan fingerprint density at radius 2 is 1.93 bits per heavy atom.